The van der Waals surface area contributed by atoms with Gasteiger partial charge in [-0.3, -0.25) is 0 Å². The van der Waals surface area contributed by atoms with Gasteiger partial charge in [0.25, 0.3) is 0 Å². The number of aromatic amines is 1. The predicted molar refractivity (Wildman–Crippen MR) is 64.4 cm³/mol. The molecule has 3 rings (SSSR count). The van der Waals surface area contributed by atoms with Crippen LogP contribution in [-0.4, -0.2) is 9.55 Å². The van der Waals surface area contributed by atoms with Crippen molar-refractivity contribution in [2.24, 2.45) is 5.92 Å². The summed E-state index contributed by atoms with van der Waals surface area (Å²) in [6.45, 7) is 0.919. The molecule has 1 aliphatic carbocycles. The molecule has 0 aliphatic heterocycles. The first kappa shape index (κ1) is 10.0. The highest BCUT2D eigenvalue weighted by Crippen LogP contribution is 2.29. The van der Waals surface area contributed by atoms with Gasteiger partial charge < -0.3 is 9.55 Å². The molecule has 0 radical (unpaired) electrons. The number of nitrogens with zero attached hydrogens (tertiary/aromatic N) is 1. The second-order valence-electron chi connectivity index (χ2n) is 4.50. The molecule has 1 aromatic carbocycles. The predicted octanol–water partition coefficient (Wildman–Crippen LogP) is 3.64. The van der Waals surface area contributed by atoms with E-state index in [-0.39, 0.29) is 5.82 Å². The van der Waals surface area contributed by atoms with Gasteiger partial charge in [-0.15, -0.1) is 0 Å². The zero-order valence-corrected chi connectivity index (χ0v) is 9.69. The van der Waals surface area contributed by atoms with Crippen LogP contribution in [0.25, 0.3) is 11.0 Å². The first-order valence-electron chi connectivity index (χ1n) is 5.62. The fraction of sp³-hybridized carbons (Fsp3) is 0.417. The first-order chi connectivity index (χ1) is 7.74. The molecule has 0 unspecified atom stereocenters. The maximum absolute atomic E-state index is 13.2. The lowest BCUT2D eigenvalue weighted by molar-refractivity contribution is 0.278. The van der Waals surface area contributed by atoms with Crippen molar-refractivity contribution >= 4 is 23.3 Å². The Morgan fingerprint density at radius 1 is 1.44 bits per heavy atom. The van der Waals surface area contributed by atoms with Crippen molar-refractivity contribution in [1.29, 1.82) is 0 Å². The lowest BCUT2D eigenvalue weighted by Crippen LogP contribution is -2.18. The van der Waals surface area contributed by atoms with Crippen LogP contribution in [-0.2, 0) is 6.54 Å². The van der Waals surface area contributed by atoms with Gasteiger partial charge in [-0.25, -0.2) is 4.39 Å². The normalized spacial score (nSPS) is 16.6. The summed E-state index contributed by atoms with van der Waals surface area (Å²) in [5.74, 6) is 0.512. The smallest absolute Gasteiger partial charge is 0.178 e. The second-order valence-corrected chi connectivity index (χ2v) is 4.89. The molecule has 0 amide bonds. The van der Waals surface area contributed by atoms with Crippen molar-refractivity contribution < 1.29 is 4.39 Å². The van der Waals surface area contributed by atoms with Crippen LogP contribution in [0.5, 0.6) is 0 Å². The zero-order chi connectivity index (χ0) is 11.1. The molecule has 2 aromatic rings. The van der Waals surface area contributed by atoms with E-state index in [2.05, 4.69) is 4.98 Å². The van der Waals surface area contributed by atoms with Crippen LogP contribution in [0, 0.1) is 16.5 Å². The zero-order valence-electron chi connectivity index (χ0n) is 8.87. The van der Waals surface area contributed by atoms with Gasteiger partial charge in [0.2, 0.25) is 0 Å². The number of halogens is 1. The number of imidazole rings is 1. The summed E-state index contributed by atoms with van der Waals surface area (Å²) in [6, 6.07) is 4.76. The molecule has 1 aromatic heterocycles. The van der Waals surface area contributed by atoms with Crippen LogP contribution < -0.4 is 0 Å². The van der Waals surface area contributed by atoms with Crippen molar-refractivity contribution in [1.82, 2.24) is 9.55 Å². The summed E-state index contributed by atoms with van der Waals surface area (Å²) < 4.78 is 15.9. The number of aromatic nitrogens is 2. The molecule has 1 heterocycles. The van der Waals surface area contributed by atoms with Gasteiger partial charge in [-0.05, 0) is 49.2 Å². The van der Waals surface area contributed by atoms with Crippen LogP contribution in [0.15, 0.2) is 18.2 Å². The maximum atomic E-state index is 13.2. The van der Waals surface area contributed by atoms with Crippen LogP contribution in [0.1, 0.15) is 19.3 Å². The molecular weight excluding hydrogens is 223 g/mol. The van der Waals surface area contributed by atoms with Gasteiger partial charge in [-0.2, -0.15) is 0 Å². The van der Waals surface area contributed by atoms with Crippen molar-refractivity contribution in [2.75, 3.05) is 0 Å². The van der Waals surface area contributed by atoms with Gasteiger partial charge >= 0.3 is 0 Å². The van der Waals surface area contributed by atoms with E-state index < -0.39 is 0 Å². The van der Waals surface area contributed by atoms with E-state index >= 15 is 0 Å². The first-order valence-corrected chi connectivity index (χ1v) is 6.03. The Kier molecular flexibility index (Phi) is 2.32. The molecule has 2 nitrogen and oxygen atoms in total. The number of benzene rings is 1. The van der Waals surface area contributed by atoms with E-state index in [9.17, 15) is 4.39 Å². The van der Waals surface area contributed by atoms with Crippen LogP contribution >= 0.6 is 12.2 Å². The minimum Gasteiger partial charge on any atom is -0.331 e. The highest BCUT2D eigenvalue weighted by Gasteiger charge is 2.19. The molecule has 1 fully saturated rings. The Morgan fingerprint density at radius 2 is 2.25 bits per heavy atom. The van der Waals surface area contributed by atoms with Crippen LogP contribution in [0.2, 0.25) is 0 Å². The molecule has 4 heteroatoms. The number of hydrogen-bond donors (Lipinski definition) is 1. The molecular formula is C12H13FN2S. The number of rotatable bonds is 2. The Hall–Kier alpha value is -1.16. The molecule has 0 spiro atoms. The molecule has 0 bridgehead atoms. The standard InChI is InChI=1S/C12H13FN2S/c13-9-4-5-10-11(6-9)15(12(16)14-10)7-8-2-1-3-8/h4-6,8H,1-3,7H2,(H,14,16). The fourth-order valence-electron chi connectivity index (χ4n) is 2.24. The van der Waals surface area contributed by atoms with Crippen LogP contribution in [0.3, 0.4) is 0 Å². The van der Waals surface area contributed by atoms with Gasteiger partial charge in [-0.1, -0.05) is 6.42 Å². The maximum Gasteiger partial charge on any atom is 0.178 e. The summed E-state index contributed by atoms with van der Waals surface area (Å²) in [5, 5.41) is 0. The molecule has 0 atom stereocenters. The molecule has 1 N–H and O–H groups in total. The van der Waals surface area contributed by atoms with E-state index in [0.29, 0.717) is 10.7 Å². The van der Waals surface area contributed by atoms with E-state index in [1.54, 1.807) is 12.1 Å². The Bertz CT molecular complexity index is 580. The van der Waals surface area contributed by atoms with E-state index in [1.165, 1.54) is 25.3 Å². The molecule has 0 saturated heterocycles. The minimum atomic E-state index is -0.205. The third-order valence-electron chi connectivity index (χ3n) is 3.40. The van der Waals surface area contributed by atoms with E-state index in [0.717, 1.165) is 17.6 Å². The summed E-state index contributed by atoms with van der Waals surface area (Å²) in [7, 11) is 0. The third kappa shape index (κ3) is 1.57. The lowest BCUT2D eigenvalue weighted by atomic mass is 9.85. The topological polar surface area (TPSA) is 20.7 Å². The molecule has 1 saturated carbocycles. The van der Waals surface area contributed by atoms with Gasteiger partial charge in [0.05, 0.1) is 11.0 Å². The SMILES string of the molecule is Fc1ccc2[nH]c(=S)n(CC3CCC3)c2c1. The highest BCUT2D eigenvalue weighted by atomic mass is 32.1. The Morgan fingerprint density at radius 3 is 2.94 bits per heavy atom. The largest absolute Gasteiger partial charge is 0.331 e. The van der Waals surface area contributed by atoms with Crippen molar-refractivity contribution in [3.8, 4) is 0 Å². The summed E-state index contributed by atoms with van der Waals surface area (Å²) in [5.41, 5.74) is 1.81. The Labute approximate surface area is 98.1 Å². The summed E-state index contributed by atoms with van der Waals surface area (Å²) in [4.78, 5) is 3.12. The van der Waals surface area contributed by atoms with E-state index in [4.69, 9.17) is 12.2 Å². The summed E-state index contributed by atoms with van der Waals surface area (Å²) >= 11 is 5.27. The minimum absolute atomic E-state index is 0.205. The monoisotopic (exact) mass is 236 g/mol. The average molecular weight is 236 g/mol. The number of H-pyrrole nitrogens is 1. The van der Waals surface area contributed by atoms with E-state index in [1.807, 2.05) is 4.57 Å². The van der Waals surface area contributed by atoms with Crippen molar-refractivity contribution in [2.45, 2.75) is 25.8 Å². The highest BCUT2D eigenvalue weighted by molar-refractivity contribution is 7.71. The van der Waals surface area contributed by atoms with Crippen molar-refractivity contribution in [3.63, 3.8) is 0 Å². The number of fused-ring (bicyclic) bond motifs is 1. The molecule has 1 aliphatic rings. The Balaban J connectivity index is 2.09. The third-order valence-corrected chi connectivity index (χ3v) is 3.73. The van der Waals surface area contributed by atoms with Crippen LogP contribution in [0.4, 0.5) is 4.39 Å². The second kappa shape index (κ2) is 3.70. The number of hydrogen-bond acceptors (Lipinski definition) is 1. The fourth-order valence-corrected chi connectivity index (χ4v) is 2.52. The molecule has 16 heavy (non-hydrogen) atoms. The van der Waals surface area contributed by atoms with Gasteiger partial charge in [0.1, 0.15) is 5.82 Å². The van der Waals surface area contributed by atoms with Gasteiger partial charge in [0.15, 0.2) is 4.77 Å². The van der Waals surface area contributed by atoms with Crippen molar-refractivity contribution in [3.05, 3.63) is 28.8 Å². The number of nitrogens with one attached hydrogen (secondary N) is 1. The molecule has 84 valence electrons. The quantitative estimate of drug-likeness (QED) is 0.789. The van der Waals surface area contributed by atoms with Gasteiger partial charge in [0, 0.05) is 6.54 Å². The summed E-state index contributed by atoms with van der Waals surface area (Å²) in [6.07, 6.45) is 3.85. The lowest BCUT2D eigenvalue weighted by Gasteiger charge is -2.25. The average Bonchev–Trinajstić information content (AvgIpc) is 2.48.